The molecule has 30 heavy (non-hydrogen) atoms. The molecule has 168 valence electrons. The van der Waals surface area contributed by atoms with Crippen LogP contribution in [-0.4, -0.2) is 56.2 Å². The molecule has 0 spiro atoms. The van der Waals surface area contributed by atoms with Gasteiger partial charge in [0.15, 0.2) is 0 Å². The van der Waals surface area contributed by atoms with E-state index in [1.165, 1.54) is 11.3 Å². The molecule has 2 heterocycles. The van der Waals surface area contributed by atoms with Gasteiger partial charge in [-0.1, -0.05) is 27.7 Å². The summed E-state index contributed by atoms with van der Waals surface area (Å²) in [4.78, 5) is 29.5. The summed E-state index contributed by atoms with van der Waals surface area (Å²) in [5.74, 6) is 0.405. The first-order valence-corrected chi connectivity index (χ1v) is 12.0. The predicted molar refractivity (Wildman–Crippen MR) is 120 cm³/mol. The van der Waals surface area contributed by atoms with Crippen LogP contribution >= 0.6 is 11.3 Å². The number of morpholine rings is 1. The maximum Gasteiger partial charge on any atom is 0.350 e. The molecule has 0 radical (unpaired) electrons. The monoisotopic (exact) mass is 436 g/mol. The van der Waals surface area contributed by atoms with Gasteiger partial charge < -0.3 is 14.8 Å². The second kappa shape index (κ2) is 10.2. The normalized spacial score (nSPS) is 23.2. The molecule has 1 aliphatic heterocycles. The number of amides is 1. The number of esters is 1. The van der Waals surface area contributed by atoms with E-state index in [1.807, 2.05) is 6.07 Å². The Hall–Kier alpha value is -1.44. The highest BCUT2D eigenvalue weighted by molar-refractivity contribution is 7.14. The third-order valence-corrected chi connectivity index (χ3v) is 7.59. The predicted octanol–water partition coefficient (Wildman–Crippen LogP) is 4.30. The molecule has 6 nitrogen and oxygen atoms in total. The van der Waals surface area contributed by atoms with Crippen LogP contribution in [0.15, 0.2) is 6.07 Å². The van der Waals surface area contributed by atoms with Gasteiger partial charge in [0.2, 0.25) is 5.91 Å². The van der Waals surface area contributed by atoms with Crippen LogP contribution in [0.2, 0.25) is 0 Å². The van der Waals surface area contributed by atoms with Crippen molar-refractivity contribution in [3.63, 3.8) is 0 Å². The number of nitrogens with zero attached hydrogens (tertiary/aromatic N) is 1. The lowest BCUT2D eigenvalue weighted by Crippen LogP contribution is -2.38. The highest BCUT2D eigenvalue weighted by atomic mass is 32.1. The number of carbonyl (C=O) groups is 2. The van der Waals surface area contributed by atoms with Crippen LogP contribution in [0, 0.1) is 11.8 Å². The zero-order chi connectivity index (χ0) is 21.7. The third kappa shape index (κ3) is 6.28. The van der Waals surface area contributed by atoms with E-state index >= 15 is 0 Å². The number of hydrogen-bond acceptors (Lipinski definition) is 6. The van der Waals surface area contributed by atoms with E-state index < -0.39 is 0 Å². The minimum Gasteiger partial charge on any atom is -0.460 e. The average molecular weight is 437 g/mol. The summed E-state index contributed by atoms with van der Waals surface area (Å²) >= 11 is 1.43. The molecule has 1 saturated carbocycles. The van der Waals surface area contributed by atoms with Gasteiger partial charge in [0.05, 0.1) is 18.9 Å². The zero-order valence-corrected chi connectivity index (χ0v) is 19.6. The molecule has 1 aromatic rings. The van der Waals surface area contributed by atoms with E-state index in [9.17, 15) is 9.59 Å². The molecule has 1 amide bonds. The van der Waals surface area contributed by atoms with Gasteiger partial charge >= 0.3 is 5.97 Å². The van der Waals surface area contributed by atoms with Gasteiger partial charge in [0.25, 0.3) is 0 Å². The van der Waals surface area contributed by atoms with Gasteiger partial charge in [-0.05, 0) is 43.1 Å². The first-order valence-electron chi connectivity index (χ1n) is 11.2. The molecule has 1 N–H and O–H groups in total. The molecular weight excluding hydrogens is 400 g/mol. The molecule has 0 atom stereocenters. The van der Waals surface area contributed by atoms with Crippen LogP contribution in [0.25, 0.3) is 0 Å². The lowest BCUT2D eigenvalue weighted by atomic mass is 9.82. The van der Waals surface area contributed by atoms with E-state index in [0.717, 1.165) is 56.9 Å². The smallest absolute Gasteiger partial charge is 0.350 e. The third-order valence-electron chi connectivity index (χ3n) is 6.05. The van der Waals surface area contributed by atoms with E-state index in [2.05, 4.69) is 37.9 Å². The Morgan fingerprint density at radius 1 is 1.20 bits per heavy atom. The number of rotatable bonds is 6. The first kappa shape index (κ1) is 23.2. The molecule has 0 bridgehead atoms. The van der Waals surface area contributed by atoms with Crippen molar-refractivity contribution in [1.29, 1.82) is 0 Å². The number of thiophene rings is 1. The Morgan fingerprint density at radius 3 is 2.50 bits per heavy atom. The number of hydrogen-bond donors (Lipinski definition) is 1. The lowest BCUT2D eigenvalue weighted by Gasteiger charge is -2.26. The van der Waals surface area contributed by atoms with Gasteiger partial charge in [-0.2, -0.15) is 0 Å². The quantitative estimate of drug-likeness (QED) is 0.674. The number of ether oxygens (including phenoxy) is 2. The summed E-state index contributed by atoms with van der Waals surface area (Å²) in [5.41, 5.74) is 0.501. The van der Waals surface area contributed by atoms with E-state index in [1.54, 1.807) is 0 Å². The molecule has 3 rings (SSSR count). The fourth-order valence-corrected chi connectivity index (χ4v) is 4.98. The Labute approximate surface area is 184 Å². The maximum absolute atomic E-state index is 12.9. The van der Waals surface area contributed by atoms with Crippen molar-refractivity contribution in [2.45, 2.75) is 58.8 Å². The first-order chi connectivity index (χ1) is 14.2. The topological polar surface area (TPSA) is 67.9 Å². The summed E-state index contributed by atoms with van der Waals surface area (Å²) in [7, 11) is 0. The maximum atomic E-state index is 12.9. The van der Waals surface area contributed by atoms with E-state index in [0.29, 0.717) is 29.6 Å². The minimum absolute atomic E-state index is 0.0301. The van der Waals surface area contributed by atoms with Crippen molar-refractivity contribution in [2.75, 3.05) is 44.8 Å². The van der Waals surface area contributed by atoms with Gasteiger partial charge in [-0.15, -0.1) is 11.3 Å². The minimum atomic E-state index is -0.351. The van der Waals surface area contributed by atoms with Crippen LogP contribution in [0.4, 0.5) is 5.69 Å². The summed E-state index contributed by atoms with van der Waals surface area (Å²) in [5, 5.41) is 3.05. The summed E-state index contributed by atoms with van der Waals surface area (Å²) in [6.45, 7) is 12.8. The molecular formula is C23H36N2O4S. The Balaban J connectivity index is 1.65. The van der Waals surface area contributed by atoms with Crippen LogP contribution in [0.3, 0.4) is 0 Å². The SMILES string of the molecule is CC(C)(C)c1cc(NC(=O)[C@H]2CC[C@H](C)CC2)c(C(=O)OCCN2CCOCC2)s1. The fourth-order valence-electron chi connectivity index (χ4n) is 3.92. The van der Waals surface area contributed by atoms with Crippen LogP contribution < -0.4 is 5.32 Å². The highest BCUT2D eigenvalue weighted by Gasteiger charge is 2.28. The molecule has 2 aliphatic rings. The Bertz CT molecular complexity index is 726. The Kier molecular flexibility index (Phi) is 7.93. The number of carbonyl (C=O) groups excluding carboxylic acids is 2. The lowest BCUT2D eigenvalue weighted by molar-refractivity contribution is -0.121. The van der Waals surface area contributed by atoms with Crippen LogP contribution in [0.5, 0.6) is 0 Å². The molecule has 1 saturated heterocycles. The van der Waals surface area contributed by atoms with Crippen LogP contribution in [-0.2, 0) is 19.7 Å². The highest BCUT2D eigenvalue weighted by Crippen LogP contribution is 2.37. The average Bonchev–Trinajstić information content (AvgIpc) is 3.13. The molecule has 0 unspecified atom stereocenters. The second-order valence-corrected chi connectivity index (χ2v) is 10.7. The standard InChI is InChI=1S/C23H36N2O4S/c1-16-5-7-17(8-6-16)21(26)24-18-15-19(23(2,3)4)30-20(18)22(27)29-14-11-25-9-12-28-13-10-25/h15-17H,5-14H2,1-4H3,(H,24,26)/t16-,17-. The fraction of sp³-hybridized carbons (Fsp3) is 0.739. The summed E-state index contributed by atoms with van der Waals surface area (Å²) < 4.78 is 10.9. The van der Waals surface area contributed by atoms with E-state index in [-0.39, 0.29) is 23.2 Å². The molecule has 0 aromatic carbocycles. The van der Waals surface area contributed by atoms with Crippen LogP contribution in [0.1, 0.15) is 67.9 Å². The molecule has 1 aromatic heterocycles. The zero-order valence-electron chi connectivity index (χ0n) is 18.8. The van der Waals surface area contributed by atoms with Crippen molar-refractivity contribution in [1.82, 2.24) is 4.90 Å². The van der Waals surface area contributed by atoms with Crippen molar-refractivity contribution in [2.24, 2.45) is 11.8 Å². The Morgan fingerprint density at radius 2 is 1.87 bits per heavy atom. The van der Waals surface area contributed by atoms with Gasteiger partial charge in [0, 0.05) is 30.4 Å². The molecule has 1 aliphatic carbocycles. The molecule has 7 heteroatoms. The van der Waals surface area contributed by atoms with Gasteiger partial charge in [-0.3, -0.25) is 9.69 Å². The summed E-state index contributed by atoms with van der Waals surface area (Å²) in [6.07, 6.45) is 4.02. The van der Waals surface area contributed by atoms with Gasteiger partial charge in [0.1, 0.15) is 11.5 Å². The molecule has 2 fully saturated rings. The number of nitrogens with one attached hydrogen (secondary N) is 1. The van der Waals surface area contributed by atoms with Gasteiger partial charge in [-0.25, -0.2) is 4.79 Å². The largest absolute Gasteiger partial charge is 0.460 e. The second-order valence-electron chi connectivity index (χ2n) is 9.64. The van der Waals surface area contributed by atoms with Crippen molar-refractivity contribution < 1.29 is 19.1 Å². The van der Waals surface area contributed by atoms with Crippen molar-refractivity contribution in [3.8, 4) is 0 Å². The summed E-state index contributed by atoms with van der Waals surface area (Å²) in [6, 6.07) is 1.95. The van der Waals surface area contributed by atoms with Crippen molar-refractivity contribution in [3.05, 3.63) is 15.8 Å². The number of anilines is 1. The van der Waals surface area contributed by atoms with Crippen molar-refractivity contribution >= 4 is 28.9 Å². The van der Waals surface area contributed by atoms with E-state index in [4.69, 9.17) is 9.47 Å².